The first-order valence-corrected chi connectivity index (χ1v) is 6.43. The fourth-order valence-electron chi connectivity index (χ4n) is 2.21. The summed E-state index contributed by atoms with van der Waals surface area (Å²) in [7, 11) is 1.70. The summed E-state index contributed by atoms with van der Waals surface area (Å²) >= 11 is 6.36. The van der Waals surface area contributed by atoms with Crippen molar-refractivity contribution >= 4 is 11.6 Å². The Morgan fingerprint density at radius 3 is 2.53 bits per heavy atom. The predicted molar refractivity (Wildman–Crippen MR) is 71.9 cm³/mol. The third-order valence-corrected chi connectivity index (χ3v) is 3.33. The van der Waals surface area contributed by atoms with Gasteiger partial charge < -0.3 is 10.5 Å². The highest BCUT2D eigenvalue weighted by Gasteiger charge is 2.29. The maximum absolute atomic E-state index is 6.36. The molecule has 0 amide bonds. The van der Waals surface area contributed by atoms with Crippen LogP contribution in [0.15, 0.2) is 12.1 Å². The Labute approximate surface area is 108 Å². The van der Waals surface area contributed by atoms with Gasteiger partial charge in [-0.05, 0) is 56.7 Å². The van der Waals surface area contributed by atoms with Crippen molar-refractivity contribution in [3.8, 4) is 5.75 Å². The lowest BCUT2D eigenvalue weighted by molar-refractivity contribution is 0.408. The number of benzene rings is 1. The summed E-state index contributed by atoms with van der Waals surface area (Å²) in [5, 5.41) is 0.825. The standard InChI is InChI=1S/C14H20ClNO/c1-14(2,16)8-9-6-11(15)13(10-4-5-10)12(7-9)17-3/h6-7,10H,4-5,8,16H2,1-3H3. The quantitative estimate of drug-likeness (QED) is 0.891. The lowest BCUT2D eigenvalue weighted by atomic mass is 9.94. The van der Waals surface area contributed by atoms with Crippen molar-refractivity contribution in [2.24, 2.45) is 5.73 Å². The van der Waals surface area contributed by atoms with Crippen molar-refractivity contribution in [3.05, 3.63) is 28.3 Å². The zero-order valence-electron chi connectivity index (χ0n) is 10.7. The molecule has 0 saturated heterocycles. The second-order valence-corrected chi connectivity index (χ2v) is 6.04. The number of methoxy groups -OCH3 is 1. The Morgan fingerprint density at radius 2 is 2.06 bits per heavy atom. The van der Waals surface area contributed by atoms with Crippen LogP contribution in [0, 0.1) is 0 Å². The number of hydrogen-bond acceptors (Lipinski definition) is 2. The number of ether oxygens (including phenoxy) is 1. The highest BCUT2D eigenvalue weighted by atomic mass is 35.5. The minimum Gasteiger partial charge on any atom is -0.496 e. The molecule has 0 aromatic heterocycles. The summed E-state index contributed by atoms with van der Waals surface area (Å²) in [6, 6.07) is 4.11. The van der Waals surface area contributed by atoms with Gasteiger partial charge in [-0.1, -0.05) is 11.6 Å². The van der Waals surface area contributed by atoms with Gasteiger partial charge in [0.15, 0.2) is 0 Å². The summed E-state index contributed by atoms with van der Waals surface area (Å²) in [6.45, 7) is 4.03. The van der Waals surface area contributed by atoms with E-state index in [1.165, 1.54) is 18.4 Å². The van der Waals surface area contributed by atoms with Crippen molar-refractivity contribution in [3.63, 3.8) is 0 Å². The minimum absolute atomic E-state index is 0.227. The molecule has 2 rings (SSSR count). The molecule has 0 aliphatic heterocycles. The molecule has 1 saturated carbocycles. The minimum atomic E-state index is -0.227. The van der Waals surface area contributed by atoms with Gasteiger partial charge in [-0.25, -0.2) is 0 Å². The first-order chi connectivity index (χ1) is 7.90. The molecule has 1 fully saturated rings. The number of nitrogens with two attached hydrogens (primary N) is 1. The summed E-state index contributed by atoms with van der Waals surface area (Å²) in [5.41, 5.74) is 8.12. The van der Waals surface area contributed by atoms with Crippen molar-refractivity contribution < 1.29 is 4.74 Å². The van der Waals surface area contributed by atoms with E-state index >= 15 is 0 Å². The smallest absolute Gasteiger partial charge is 0.124 e. The molecule has 0 spiro atoms. The molecule has 1 aromatic carbocycles. The lowest BCUT2D eigenvalue weighted by Gasteiger charge is -2.20. The van der Waals surface area contributed by atoms with E-state index in [4.69, 9.17) is 22.1 Å². The highest BCUT2D eigenvalue weighted by Crippen LogP contribution is 2.48. The summed E-state index contributed by atoms with van der Waals surface area (Å²) in [4.78, 5) is 0. The van der Waals surface area contributed by atoms with Crippen LogP contribution in [0.3, 0.4) is 0 Å². The second kappa shape index (κ2) is 4.51. The van der Waals surface area contributed by atoms with Gasteiger partial charge in [-0.2, -0.15) is 0 Å². The largest absolute Gasteiger partial charge is 0.496 e. The molecule has 1 aromatic rings. The fourth-order valence-corrected chi connectivity index (χ4v) is 2.60. The number of halogens is 1. The van der Waals surface area contributed by atoms with Gasteiger partial charge >= 0.3 is 0 Å². The van der Waals surface area contributed by atoms with E-state index in [-0.39, 0.29) is 5.54 Å². The molecule has 1 aliphatic carbocycles. The maximum atomic E-state index is 6.36. The van der Waals surface area contributed by atoms with E-state index in [9.17, 15) is 0 Å². The van der Waals surface area contributed by atoms with Crippen LogP contribution in [-0.2, 0) is 6.42 Å². The molecule has 2 N–H and O–H groups in total. The van der Waals surface area contributed by atoms with Gasteiger partial charge in [-0.15, -0.1) is 0 Å². The van der Waals surface area contributed by atoms with Crippen LogP contribution in [0.4, 0.5) is 0 Å². The van der Waals surface area contributed by atoms with Gasteiger partial charge in [0, 0.05) is 16.1 Å². The molecule has 3 heteroatoms. The molecule has 0 atom stereocenters. The summed E-state index contributed by atoms with van der Waals surface area (Å²) < 4.78 is 5.46. The zero-order valence-corrected chi connectivity index (χ0v) is 11.5. The van der Waals surface area contributed by atoms with Crippen molar-refractivity contribution in [1.29, 1.82) is 0 Å². The summed E-state index contributed by atoms with van der Waals surface area (Å²) in [6.07, 6.45) is 3.24. The van der Waals surface area contributed by atoms with Crippen LogP contribution in [0.1, 0.15) is 43.7 Å². The molecule has 17 heavy (non-hydrogen) atoms. The third-order valence-electron chi connectivity index (χ3n) is 3.02. The van der Waals surface area contributed by atoms with Crippen molar-refractivity contribution in [1.82, 2.24) is 0 Å². The molecule has 0 bridgehead atoms. The van der Waals surface area contributed by atoms with Gasteiger partial charge in [0.2, 0.25) is 0 Å². The summed E-state index contributed by atoms with van der Waals surface area (Å²) in [5.74, 6) is 1.51. The Bertz CT molecular complexity index is 419. The Kier molecular flexibility index (Phi) is 3.37. The van der Waals surface area contributed by atoms with Gasteiger partial charge in [0.25, 0.3) is 0 Å². The molecule has 0 heterocycles. The Balaban J connectivity index is 2.34. The first-order valence-electron chi connectivity index (χ1n) is 6.06. The van der Waals surface area contributed by atoms with E-state index in [0.717, 1.165) is 22.8 Å². The SMILES string of the molecule is COc1cc(CC(C)(C)N)cc(Cl)c1C1CC1. The topological polar surface area (TPSA) is 35.2 Å². The van der Waals surface area contributed by atoms with Gasteiger partial charge in [-0.3, -0.25) is 0 Å². The highest BCUT2D eigenvalue weighted by molar-refractivity contribution is 6.31. The molecule has 1 aliphatic rings. The van der Waals surface area contributed by atoms with E-state index in [0.29, 0.717) is 5.92 Å². The van der Waals surface area contributed by atoms with Crippen LogP contribution in [0.2, 0.25) is 5.02 Å². The zero-order chi connectivity index (χ0) is 12.6. The molecular weight excluding hydrogens is 234 g/mol. The van der Waals surface area contributed by atoms with E-state index in [1.54, 1.807) is 7.11 Å². The van der Waals surface area contributed by atoms with Crippen LogP contribution < -0.4 is 10.5 Å². The second-order valence-electron chi connectivity index (χ2n) is 5.63. The Morgan fingerprint density at radius 1 is 1.41 bits per heavy atom. The third kappa shape index (κ3) is 3.14. The predicted octanol–water partition coefficient (Wildman–Crippen LogP) is 3.51. The molecule has 0 unspecified atom stereocenters. The van der Waals surface area contributed by atoms with Crippen LogP contribution in [-0.4, -0.2) is 12.6 Å². The van der Waals surface area contributed by atoms with Gasteiger partial charge in [0.1, 0.15) is 5.75 Å². The number of rotatable bonds is 4. The van der Waals surface area contributed by atoms with Crippen molar-refractivity contribution in [2.45, 2.75) is 44.6 Å². The van der Waals surface area contributed by atoms with E-state index in [2.05, 4.69) is 6.07 Å². The maximum Gasteiger partial charge on any atom is 0.124 e. The van der Waals surface area contributed by atoms with E-state index in [1.807, 2.05) is 19.9 Å². The first kappa shape index (κ1) is 12.7. The van der Waals surface area contributed by atoms with E-state index < -0.39 is 0 Å². The normalized spacial score (nSPS) is 16.1. The van der Waals surface area contributed by atoms with Crippen molar-refractivity contribution in [2.75, 3.05) is 7.11 Å². The average Bonchev–Trinajstić information content (AvgIpc) is 2.97. The van der Waals surface area contributed by atoms with Crippen LogP contribution in [0.5, 0.6) is 5.75 Å². The molecular formula is C14H20ClNO. The molecule has 0 radical (unpaired) electrons. The Hall–Kier alpha value is -0.730. The lowest BCUT2D eigenvalue weighted by Crippen LogP contribution is -2.34. The number of hydrogen-bond donors (Lipinski definition) is 1. The monoisotopic (exact) mass is 253 g/mol. The van der Waals surface area contributed by atoms with Crippen LogP contribution >= 0.6 is 11.6 Å². The van der Waals surface area contributed by atoms with Crippen LogP contribution in [0.25, 0.3) is 0 Å². The molecule has 94 valence electrons. The fraction of sp³-hybridized carbons (Fsp3) is 0.571. The molecule has 2 nitrogen and oxygen atoms in total. The van der Waals surface area contributed by atoms with Gasteiger partial charge in [0.05, 0.1) is 7.11 Å². The average molecular weight is 254 g/mol.